The van der Waals surface area contributed by atoms with Crippen LogP contribution in [-0.2, 0) is 6.42 Å². The van der Waals surface area contributed by atoms with Gasteiger partial charge in [-0.2, -0.15) is 0 Å². The molecule has 1 aliphatic rings. The fourth-order valence-corrected chi connectivity index (χ4v) is 2.22. The molecule has 0 amide bonds. The van der Waals surface area contributed by atoms with Gasteiger partial charge in [0.15, 0.2) is 0 Å². The van der Waals surface area contributed by atoms with E-state index in [0.717, 1.165) is 30.2 Å². The minimum Gasteiger partial charge on any atom is -0.346 e. The molecule has 1 atom stereocenters. The normalized spacial score (nSPS) is 19.4. The predicted molar refractivity (Wildman–Crippen MR) is 61.1 cm³/mol. The fourth-order valence-electron chi connectivity index (χ4n) is 2.22. The van der Waals surface area contributed by atoms with Crippen LogP contribution in [0.3, 0.4) is 0 Å². The van der Waals surface area contributed by atoms with Crippen LogP contribution in [0.25, 0.3) is 0 Å². The van der Waals surface area contributed by atoms with E-state index in [4.69, 9.17) is 0 Å². The molecule has 0 aliphatic carbocycles. The highest BCUT2D eigenvalue weighted by molar-refractivity contribution is 5.29. The monoisotopic (exact) mass is 214 g/mol. The molecule has 2 aromatic heterocycles. The number of rotatable bonds is 1. The second-order valence-corrected chi connectivity index (χ2v) is 4.08. The van der Waals surface area contributed by atoms with E-state index in [9.17, 15) is 0 Å². The Morgan fingerprint density at radius 3 is 3.12 bits per heavy atom. The van der Waals surface area contributed by atoms with E-state index in [1.165, 1.54) is 5.69 Å². The molecule has 0 spiro atoms. The van der Waals surface area contributed by atoms with Crippen molar-refractivity contribution in [1.82, 2.24) is 20.3 Å². The summed E-state index contributed by atoms with van der Waals surface area (Å²) in [6, 6.07) is 6.12. The zero-order valence-corrected chi connectivity index (χ0v) is 9.20. The van der Waals surface area contributed by atoms with E-state index >= 15 is 0 Å². The average molecular weight is 214 g/mol. The summed E-state index contributed by atoms with van der Waals surface area (Å²) in [5.74, 6) is 0.981. The molecule has 0 fully saturated rings. The molecule has 4 heteroatoms. The lowest BCUT2D eigenvalue weighted by atomic mass is 10.0. The number of hydrogen-bond acceptors (Lipinski definition) is 3. The molecule has 1 aliphatic heterocycles. The van der Waals surface area contributed by atoms with Crippen LogP contribution in [0.15, 0.2) is 24.4 Å². The van der Waals surface area contributed by atoms with Crippen LogP contribution in [-0.4, -0.2) is 21.5 Å². The topological polar surface area (TPSA) is 53.6 Å². The van der Waals surface area contributed by atoms with Gasteiger partial charge < -0.3 is 10.3 Å². The number of fused-ring (bicyclic) bond motifs is 1. The molecule has 0 aromatic carbocycles. The number of nitrogens with one attached hydrogen (secondary N) is 2. The molecule has 0 bridgehead atoms. The number of aromatic amines is 1. The van der Waals surface area contributed by atoms with Crippen molar-refractivity contribution >= 4 is 0 Å². The Balaban J connectivity index is 2.05. The number of aromatic nitrogens is 3. The highest BCUT2D eigenvalue weighted by Gasteiger charge is 2.25. The van der Waals surface area contributed by atoms with Gasteiger partial charge in [0.2, 0.25) is 0 Å². The van der Waals surface area contributed by atoms with Gasteiger partial charge in [0.05, 0.1) is 17.4 Å². The van der Waals surface area contributed by atoms with Crippen molar-refractivity contribution in [3.8, 4) is 0 Å². The van der Waals surface area contributed by atoms with Gasteiger partial charge in [-0.15, -0.1) is 0 Å². The Morgan fingerprint density at radius 2 is 2.31 bits per heavy atom. The molecular weight excluding hydrogens is 200 g/mol. The summed E-state index contributed by atoms with van der Waals surface area (Å²) >= 11 is 0. The molecule has 4 nitrogen and oxygen atoms in total. The van der Waals surface area contributed by atoms with Gasteiger partial charge in [0.1, 0.15) is 5.82 Å². The number of aryl methyl sites for hydroxylation is 1. The zero-order valence-electron chi connectivity index (χ0n) is 9.20. The van der Waals surface area contributed by atoms with Crippen LogP contribution in [0, 0.1) is 6.92 Å². The van der Waals surface area contributed by atoms with Gasteiger partial charge >= 0.3 is 0 Å². The maximum absolute atomic E-state index is 4.55. The third-order valence-corrected chi connectivity index (χ3v) is 2.91. The molecule has 0 radical (unpaired) electrons. The van der Waals surface area contributed by atoms with Crippen molar-refractivity contribution in [3.63, 3.8) is 0 Å². The largest absolute Gasteiger partial charge is 0.346 e. The number of H-pyrrole nitrogens is 1. The first kappa shape index (κ1) is 9.54. The Bertz CT molecular complexity index is 489. The first-order valence-electron chi connectivity index (χ1n) is 5.54. The van der Waals surface area contributed by atoms with E-state index in [-0.39, 0.29) is 6.04 Å². The van der Waals surface area contributed by atoms with E-state index in [1.54, 1.807) is 0 Å². The van der Waals surface area contributed by atoms with Crippen LogP contribution in [0.5, 0.6) is 0 Å². The lowest BCUT2D eigenvalue weighted by molar-refractivity contribution is 0.543. The number of hydrogen-bond donors (Lipinski definition) is 2. The molecule has 2 N–H and O–H groups in total. The van der Waals surface area contributed by atoms with Crippen molar-refractivity contribution in [1.29, 1.82) is 0 Å². The number of imidazole rings is 1. The molecule has 82 valence electrons. The van der Waals surface area contributed by atoms with E-state index in [2.05, 4.69) is 20.3 Å². The van der Waals surface area contributed by atoms with Crippen molar-refractivity contribution in [3.05, 3.63) is 47.3 Å². The molecule has 3 rings (SSSR count). The minimum atomic E-state index is 0.134. The lowest BCUT2D eigenvalue weighted by Gasteiger charge is -2.22. The predicted octanol–water partition coefficient (Wildman–Crippen LogP) is 1.35. The third kappa shape index (κ3) is 1.51. The smallest absolute Gasteiger partial charge is 0.103 e. The Kier molecular flexibility index (Phi) is 2.22. The number of pyridine rings is 1. The van der Waals surface area contributed by atoms with Gasteiger partial charge in [-0.3, -0.25) is 4.98 Å². The van der Waals surface area contributed by atoms with E-state index in [0.29, 0.717) is 0 Å². The minimum absolute atomic E-state index is 0.134. The summed E-state index contributed by atoms with van der Waals surface area (Å²) in [4.78, 5) is 12.3. The summed E-state index contributed by atoms with van der Waals surface area (Å²) in [5.41, 5.74) is 3.38. The Morgan fingerprint density at radius 1 is 1.38 bits per heavy atom. The summed E-state index contributed by atoms with van der Waals surface area (Å²) in [5, 5.41) is 3.46. The van der Waals surface area contributed by atoms with Crippen molar-refractivity contribution in [2.75, 3.05) is 6.54 Å². The summed E-state index contributed by atoms with van der Waals surface area (Å²) in [6.07, 6.45) is 2.84. The maximum Gasteiger partial charge on any atom is 0.103 e. The molecule has 0 saturated heterocycles. The second kappa shape index (κ2) is 3.72. The number of nitrogens with zero attached hydrogens (tertiary/aromatic N) is 2. The van der Waals surface area contributed by atoms with Gasteiger partial charge in [-0.05, 0) is 19.1 Å². The highest BCUT2D eigenvalue weighted by Crippen LogP contribution is 2.25. The van der Waals surface area contributed by atoms with Crippen molar-refractivity contribution in [2.24, 2.45) is 0 Å². The summed E-state index contributed by atoms with van der Waals surface area (Å²) in [7, 11) is 0. The maximum atomic E-state index is 4.55. The fraction of sp³-hybridized carbons (Fsp3) is 0.333. The summed E-state index contributed by atoms with van der Waals surface area (Å²) in [6.45, 7) is 2.96. The zero-order chi connectivity index (χ0) is 11.0. The van der Waals surface area contributed by atoms with Crippen LogP contribution in [0.4, 0.5) is 0 Å². The molecule has 2 aromatic rings. The Labute approximate surface area is 94.1 Å². The van der Waals surface area contributed by atoms with Crippen LogP contribution >= 0.6 is 0 Å². The lowest BCUT2D eigenvalue weighted by Crippen LogP contribution is -2.31. The third-order valence-electron chi connectivity index (χ3n) is 2.91. The molecule has 0 saturated carbocycles. The first-order chi connectivity index (χ1) is 7.84. The molecule has 1 unspecified atom stereocenters. The Hall–Kier alpha value is -1.68. The van der Waals surface area contributed by atoms with E-state index < -0.39 is 0 Å². The second-order valence-electron chi connectivity index (χ2n) is 4.08. The molecule has 3 heterocycles. The first-order valence-corrected chi connectivity index (χ1v) is 5.54. The van der Waals surface area contributed by atoms with Gasteiger partial charge in [-0.1, -0.05) is 6.07 Å². The van der Waals surface area contributed by atoms with Gasteiger partial charge in [0, 0.05) is 24.9 Å². The van der Waals surface area contributed by atoms with Crippen molar-refractivity contribution in [2.45, 2.75) is 19.4 Å². The van der Waals surface area contributed by atoms with E-state index in [1.807, 2.05) is 31.3 Å². The highest BCUT2D eigenvalue weighted by atomic mass is 15.0. The SMILES string of the molecule is Cc1nc2c([nH]1)CCNC2c1ccccn1. The molecule has 16 heavy (non-hydrogen) atoms. The summed E-state index contributed by atoms with van der Waals surface area (Å²) < 4.78 is 0. The van der Waals surface area contributed by atoms with Crippen LogP contribution in [0.2, 0.25) is 0 Å². The van der Waals surface area contributed by atoms with Crippen LogP contribution < -0.4 is 5.32 Å². The van der Waals surface area contributed by atoms with Crippen LogP contribution in [0.1, 0.15) is 28.9 Å². The van der Waals surface area contributed by atoms with Gasteiger partial charge in [-0.25, -0.2) is 4.98 Å². The van der Waals surface area contributed by atoms with Gasteiger partial charge in [0.25, 0.3) is 0 Å². The van der Waals surface area contributed by atoms with Crippen molar-refractivity contribution < 1.29 is 0 Å². The molecular formula is C12H14N4. The quantitative estimate of drug-likeness (QED) is 0.753. The average Bonchev–Trinajstić information content (AvgIpc) is 2.70. The standard InChI is InChI=1S/C12H14N4/c1-8-15-10-5-7-14-11(12(10)16-8)9-4-2-3-6-13-9/h2-4,6,11,14H,5,7H2,1H3,(H,15,16).